The summed E-state index contributed by atoms with van der Waals surface area (Å²) in [5.74, 6) is 1.13. The second-order valence-corrected chi connectivity index (χ2v) is 6.46. The summed E-state index contributed by atoms with van der Waals surface area (Å²) in [4.78, 5) is 22.3. The highest BCUT2D eigenvalue weighted by Gasteiger charge is 2.11. The van der Waals surface area contributed by atoms with Crippen LogP contribution in [-0.2, 0) is 11.3 Å². The Morgan fingerprint density at radius 3 is 2.62 bits per heavy atom. The van der Waals surface area contributed by atoms with Gasteiger partial charge in [0, 0.05) is 5.56 Å². The first-order valence-corrected chi connectivity index (χ1v) is 9.41. The molecule has 1 N–H and O–H groups in total. The van der Waals surface area contributed by atoms with Gasteiger partial charge in [0.2, 0.25) is 0 Å². The molecule has 0 aliphatic heterocycles. The fourth-order valence-corrected chi connectivity index (χ4v) is 2.80. The van der Waals surface area contributed by atoms with Gasteiger partial charge < -0.3 is 14.2 Å². The number of methoxy groups -OCH3 is 2. The van der Waals surface area contributed by atoms with Crippen molar-refractivity contribution in [1.29, 1.82) is 0 Å². The van der Waals surface area contributed by atoms with Crippen molar-refractivity contribution in [2.75, 3.05) is 20.8 Å². The van der Waals surface area contributed by atoms with Crippen LogP contribution in [0.15, 0.2) is 60.0 Å². The average Bonchev–Trinajstić information content (AvgIpc) is 3.27. The number of nitrogens with zero attached hydrogens (tertiary/aromatic N) is 4. The molecule has 11 nitrogen and oxygen atoms in total. The predicted octanol–water partition coefficient (Wildman–Crippen LogP) is 2.39. The van der Waals surface area contributed by atoms with Gasteiger partial charge in [0.25, 0.3) is 5.91 Å². The molecule has 0 atom stereocenters. The zero-order valence-corrected chi connectivity index (χ0v) is 17.4. The van der Waals surface area contributed by atoms with E-state index >= 15 is 0 Å². The van der Waals surface area contributed by atoms with Crippen LogP contribution in [0.5, 0.6) is 17.2 Å². The van der Waals surface area contributed by atoms with Gasteiger partial charge in [0.05, 0.1) is 31.9 Å². The highest BCUT2D eigenvalue weighted by Crippen LogP contribution is 2.25. The second-order valence-electron chi connectivity index (χ2n) is 6.46. The normalized spacial score (nSPS) is 10.7. The van der Waals surface area contributed by atoms with Gasteiger partial charge in [-0.1, -0.05) is 12.1 Å². The standard InChI is InChI=1S/C21H21N5O6/c1-30-18-8-7-15(9-16(18)12-25-13-17(11-23-25)26(28)29)10-22-24-21(27)14-32-20-6-4-3-5-19(20)31-2/h3-11,13H,12,14H2,1-2H3,(H,24,27). The molecule has 1 aromatic heterocycles. The number of hydrogen-bond acceptors (Lipinski definition) is 8. The van der Waals surface area contributed by atoms with Crippen LogP contribution in [0, 0.1) is 10.1 Å². The zero-order chi connectivity index (χ0) is 22.9. The fourth-order valence-electron chi connectivity index (χ4n) is 2.80. The van der Waals surface area contributed by atoms with Crippen LogP contribution in [0.1, 0.15) is 11.1 Å². The molecule has 1 heterocycles. The Hall–Kier alpha value is -4.41. The number of nitrogens with one attached hydrogen (secondary N) is 1. The molecule has 2 aromatic carbocycles. The van der Waals surface area contributed by atoms with Gasteiger partial charge in [-0.2, -0.15) is 10.2 Å². The number of carbonyl (C=O) groups is 1. The van der Waals surface area contributed by atoms with Gasteiger partial charge in [0.1, 0.15) is 18.1 Å². The lowest BCUT2D eigenvalue weighted by Gasteiger charge is -2.10. The monoisotopic (exact) mass is 439 g/mol. The van der Waals surface area contributed by atoms with Gasteiger partial charge in [-0.15, -0.1) is 0 Å². The third kappa shape index (κ3) is 5.81. The molecule has 0 radical (unpaired) electrons. The van der Waals surface area contributed by atoms with Crippen molar-refractivity contribution < 1.29 is 23.9 Å². The molecule has 0 bridgehead atoms. The lowest BCUT2D eigenvalue weighted by molar-refractivity contribution is -0.385. The van der Waals surface area contributed by atoms with E-state index in [0.29, 0.717) is 22.8 Å². The molecule has 1 amide bonds. The Morgan fingerprint density at radius 2 is 1.94 bits per heavy atom. The molecular weight excluding hydrogens is 418 g/mol. The third-order valence-corrected chi connectivity index (χ3v) is 4.30. The zero-order valence-electron chi connectivity index (χ0n) is 17.4. The Bertz CT molecular complexity index is 1130. The van der Waals surface area contributed by atoms with Crippen LogP contribution >= 0.6 is 0 Å². The Morgan fingerprint density at radius 1 is 1.19 bits per heavy atom. The summed E-state index contributed by atoms with van der Waals surface area (Å²) in [6.07, 6.45) is 3.98. The molecule has 0 spiro atoms. The molecule has 0 saturated heterocycles. The van der Waals surface area contributed by atoms with Crippen molar-refractivity contribution in [2.24, 2.45) is 5.10 Å². The molecule has 0 saturated carbocycles. The minimum Gasteiger partial charge on any atom is -0.496 e. The van der Waals surface area contributed by atoms with Crippen molar-refractivity contribution in [3.05, 3.63) is 76.1 Å². The smallest absolute Gasteiger partial charge is 0.307 e. The number of benzene rings is 2. The summed E-state index contributed by atoms with van der Waals surface area (Å²) in [5.41, 5.74) is 3.72. The predicted molar refractivity (Wildman–Crippen MR) is 115 cm³/mol. The van der Waals surface area contributed by atoms with Crippen molar-refractivity contribution in [2.45, 2.75) is 6.54 Å². The number of amides is 1. The van der Waals surface area contributed by atoms with E-state index in [4.69, 9.17) is 14.2 Å². The van der Waals surface area contributed by atoms with Gasteiger partial charge in [-0.3, -0.25) is 19.6 Å². The number of para-hydroxylation sites is 2. The summed E-state index contributed by atoms with van der Waals surface area (Å²) in [5, 5.41) is 18.8. The summed E-state index contributed by atoms with van der Waals surface area (Å²) < 4.78 is 17.4. The van der Waals surface area contributed by atoms with Crippen LogP contribution in [-0.4, -0.2) is 47.7 Å². The summed E-state index contributed by atoms with van der Waals surface area (Å²) in [6, 6.07) is 12.3. The maximum absolute atomic E-state index is 12.0. The number of hydrogen-bond donors (Lipinski definition) is 1. The molecule has 0 aliphatic carbocycles. The first-order valence-electron chi connectivity index (χ1n) is 9.41. The SMILES string of the molecule is COc1ccc(C=NNC(=O)COc2ccccc2OC)cc1Cn1cc([N+](=O)[O-])cn1. The maximum atomic E-state index is 12.0. The largest absolute Gasteiger partial charge is 0.496 e. The van der Waals surface area contributed by atoms with Crippen LogP contribution in [0.25, 0.3) is 0 Å². The Labute approximate surface area is 183 Å². The number of hydrazone groups is 1. The topological polar surface area (TPSA) is 130 Å². The highest BCUT2D eigenvalue weighted by molar-refractivity contribution is 5.83. The van der Waals surface area contributed by atoms with E-state index in [9.17, 15) is 14.9 Å². The summed E-state index contributed by atoms with van der Waals surface area (Å²) in [6.45, 7) is 0.0292. The lowest BCUT2D eigenvalue weighted by Crippen LogP contribution is -2.24. The van der Waals surface area contributed by atoms with E-state index < -0.39 is 10.8 Å². The number of rotatable bonds is 10. The molecular formula is C21H21N5O6. The molecule has 166 valence electrons. The summed E-state index contributed by atoms with van der Waals surface area (Å²) >= 11 is 0. The Balaban J connectivity index is 1.60. The molecule has 3 rings (SSSR count). The van der Waals surface area contributed by atoms with Crippen LogP contribution < -0.4 is 19.6 Å². The van der Waals surface area contributed by atoms with Crippen LogP contribution in [0.3, 0.4) is 0 Å². The van der Waals surface area contributed by atoms with Gasteiger partial charge >= 0.3 is 5.69 Å². The van der Waals surface area contributed by atoms with Crippen molar-refractivity contribution in [3.8, 4) is 17.2 Å². The average molecular weight is 439 g/mol. The van der Waals surface area contributed by atoms with Crippen LogP contribution in [0.4, 0.5) is 5.69 Å². The Kier molecular flexibility index (Phi) is 7.36. The van der Waals surface area contributed by atoms with Gasteiger partial charge in [-0.05, 0) is 35.9 Å². The summed E-state index contributed by atoms with van der Waals surface area (Å²) in [7, 11) is 3.05. The van der Waals surface area contributed by atoms with E-state index in [1.807, 2.05) is 0 Å². The molecule has 0 fully saturated rings. The van der Waals surface area contributed by atoms with Gasteiger partial charge in [0.15, 0.2) is 18.1 Å². The second kappa shape index (κ2) is 10.6. The molecule has 11 heteroatoms. The van der Waals surface area contributed by atoms with E-state index in [1.54, 1.807) is 42.5 Å². The number of aromatic nitrogens is 2. The van der Waals surface area contributed by atoms with Crippen molar-refractivity contribution >= 4 is 17.8 Å². The third-order valence-electron chi connectivity index (χ3n) is 4.30. The lowest BCUT2D eigenvalue weighted by atomic mass is 10.1. The first kappa shape index (κ1) is 22.3. The fraction of sp³-hybridized carbons (Fsp3) is 0.190. The van der Waals surface area contributed by atoms with E-state index in [1.165, 1.54) is 37.5 Å². The minimum absolute atomic E-state index is 0.0975. The number of nitro groups is 1. The van der Waals surface area contributed by atoms with E-state index in [2.05, 4.69) is 15.6 Å². The first-order chi connectivity index (χ1) is 15.5. The highest BCUT2D eigenvalue weighted by atomic mass is 16.6. The minimum atomic E-state index is -0.510. The van der Waals surface area contributed by atoms with Crippen molar-refractivity contribution in [1.82, 2.24) is 15.2 Å². The van der Waals surface area contributed by atoms with Crippen molar-refractivity contribution in [3.63, 3.8) is 0 Å². The van der Waals surface area contributed by atoms with Gasteiger partial charge in [-0.25, -0.2) is 5.43 Å². The molecule has 32 heavy (non-hydrogen) atoms. The molecule has 0 unspecified atom stereocenters. The molecule has 0 aliphatic rings. The van der Waals surface area contributed by atoms with Crippen LogP contribution in [0.2, 0.25) is 0 Å². The number of ether oxygens (including phenoxy) is 3. The number of carbonyl (C=O) groups excluding carboxylic acids is 1. The maximum Gasteiger partial charge on any atom is 0.307 e. The molecule has 3 aromatic rings. The quantitative estimate of drug-likeness (QED) is 0.292. The van der Waals surface area contributed by atoms with E-state index in [0.717, 1.165) is 5.56 Å². The van der Waals surface area contributed by atoms with E-state index in [-0.39, 0.29) is 18.8 Å².